The third-order valence-corrected chi connectivity index (χ3v) is 5.16. The van der Waals surface area contributed by atoms with Gasteiger partial charge in [0.05, 0.1) is 10.7 Å². The number of fused-ring (bicyclic) bond motifs is 3. The lowest BCUT2D eigenvalue weighted by Gasteiger charge is -2.43. The van der Waals surface area contributed by atoms with Crippen LogP contribution in [0, 0.1) is 5.82 Å². The van der Waals surface area contributed by atoms with E-state index >= 15 is 0 Å². The van der Waals surface area contributed by atoms with Gasteiger partial charge in [0.1, 0.15) is 6.61 Å². The predicted octanol–water partition coefficient (Wildman–Crippen LogP) is 1.71. The summed E-state index contributed by atoms with van der Waals surface area (Å²) in [5.41, 5.74) is 0.735. The highest BCUT2D eigenvalue weighted by molar-refractivity contribution is 6.31. The Hall–Kier alpha value is -1.86. The zero-order valence-electron chi connectivity index (χ0n) is 13.4. The van der Waals surface area contributed by atoms with E-state index in [1.165, 1.54) is 13.0 Å². The minimum atomic E-state index is -0.596. The number of likely N-dealkylation sites (tertiary alicyclic amines) is 1. The summed E-state index contributed by atoms with van der Waals surface area (Å²) in [6, 6.07) is 1.31. The van der Waals surface area contributed by atoms with E-state index in [-0.39, 0.29) is 28.6 Å². The Morgan fingerprint density at radius 2 is 2.29 bits per heavy atom. The lowest BCUT2D eigenvalue weighted by molar-refractivity contribution is -0.136. The van der Waals surface area contributed by atoms with E-state index in [0.717, 1.165) is 0 Å². The number of aliphatic hydroxyl groups excluding tert-OH is 1. The number of halogens is 2. The van der Waals surface area contributed by atoms with Crippen LogP contribution in [-0.2, 0) is 15.0 Å². The Morgan fingerprint density at radius 3 is 2.92 bits per heavy atom. The number of nitrogens with zero attached hydrogens (tertiary/aromatic N) is 1. The number of benzene rings is 1. The third kappa shape index (κ3) is 2.52. The Labute approximate surface area is 144 Å². The quantitative estimate of drug-likeness (QED) is 0.754. The van der Waals surface area contributed by atoms with E-state index in [1.54, 1.807) is 4.90 Å². The number of nitrogens with one attached hydrogen (secondary N) is 2. The molecule has 8 heteroatoms. The van der Waals surface area contributed by atoms with Gasteiger partial charge in [0.25, 0.3) is 0 Å². The van der Waals surface area contributed by atoms with Gasteiger partial charge in [-0.3, -0.25) is 9.59 Å². The van der Waals surface area contributed by atoms with Gasteiger partial charge in [-0.1, -0.05) is 18.5 Å². The largest absolute Gasteiger partial charge is 0.387 e. The van der Waals surface area contributed by atoms with Crippen LogP contribution in [0.25, 0.3) is 0 Å². The molecule has 0 aliphatic carbocycles. The van der Waals surface area contributed by atoms with Gasteiger partial charge in [0.2, 0.25) is 11.8 Å². The number of aliphatic hydroxyl groups is 1. The summed E-state index contributed by atoms with van der Waals surface area (Å²) >= 11 is 5.96. The molecule has 2 unspecified atom stereocenters. The van der Waals surface area contributed by atoms with Crippen molar-refractivity contribution in [3.8, 4) is 0 Å². The molecule has 0 bridgehead atoms. The molecule has 1 fully saturated rings. The molecule has 3 N–H and O–H groups in total. The molecular formula is C16H19ClFN3O3. The van der Waals surface area contributed by atoms with Crippen LogP contribution in [0.15, 0.2) is 6.07 Å². The molecule has 1 aromatic carbocycles. The summed E-state index contributed by atoms with van der Waals surface area (Å²) in [4.78, 5) is 25.0. The Balaban J connectivity index is 2.11. The van der Waals surface area contributed by atoms with Crippen molar-refractivity contribution in [2.24, 2.45) is 0 Å². The van der Waals surface area contributed by atoms with E-state index in [1.807, 2.05) is 6.92 Å². The summed E-state index contributed by atoms with van der Waals surface area (Å²) in [5.74, 6) is -1.21. The molecule has 0 spiro atoms. The third-order valence-electron chi connectivity index (χ3n) is 4.88. The van der Waals surface area contributed by atoms with Gasteiger partial charge < -0.3 is 20.6 Å². The van der Waals surface area contributed by atoms with Crippen molar-refractivity contribution in [3.63, 3.8) is 0 Å². The lowest BCUT2D eigenvalue weighted by atomic mass is 9.74. The molecule has 2 aliphatic heterocycles. The van der Waals surface area contributed by atoms with Crippen LogP contribution in [-0.4, -0.2) is 47.6 Å². The standard InChI is InChI=1S/C16H19ClFN3O3/c1-8(23)19-10-5-9(17)14(18)15-13(10)16(2)7-21(12(24)6-22)4-3-11(16)20-15/h5,11,20,22H,3-4,6-7H2,1-2H3,(H,19,23). The molecule has 24 heavy (non-hydrogen) atoms. The van der Waals surface area contributed by atoms with E-state index < -0.39 is 17.8 Å². The molecule has 6 nitrogen and oxygen atoms in total. The number of hydrogen-bond donors (Lipinski definition) is 3. The molecule has 2 aliphatic rings. The van der Waals surface area contributed by atoms with E-state index in [0.29, 0.717) is 30.8 Å². The fraction of sp³-hybridized carbons (Fsp3) is 0.500. The zero-order valence-corrected chi connectivity index (χ0v) is 14.2. The number of rotatable bonds is 2. The number of carbonyl (C=O) groups excluding carboxylic acids is 2. The molecule has 2 heterocycles. The first-order valence-electron chi connectivity index (χ1n) is 7.73. The normalized spacial score (nSPS) is 24.9. The number of piperidine rings is 1. The highest BCUT2D eigenvalue weighted by Crippen LogP contribution is 2.50. The maximum Gasteiger partial charge on any atom is 0.248 e. The first-order valence-corrected chi connectivity index (χ1v) is 8.11. The fourth-order valence-electron chi connectivity index (χ4n) is 3.80. The average Bonchev–Trinajstić information content (AvgIpc) is 2.83. The van der Waals surface area contributed by atoms with Crippen LogP contribution < -0.4 is 10.6 Å². The van der Waals surface area contributed by atoms with Gasteiger partial charge >= 0.3 is 0 Å². The van der Waals surface area contributed by atoms with Crippen LogP contribution >= 0.6 is 11.6 Å². The van der Waals surface area contributed by atoms with Gasteiger partial charge in [-0.2, -0.15) is 0 Å². The van der Waals surface area contributed by atoms with Crippen molar-refractivity contribution < 1.29 is 19.1 Å². The van der Waals surface area contributed by atoms with E-state index in [4.69, 9.17) is 16.7 Å². The lowest BCUT2D eigenvalue weighted by Crippen LogP contribution is -2.54. The first kappa shape index (κ1) is 17.0. The van der Waals surface area contributed by atoms with Crippen molar-refractivity contribution in [2.75, 3.05) is 30.3 Å². The van der Waals surface area contributed by atoms with Crippen LogP contribution in [0.5, 0.6) is 0 Å². The number of amides is 2. The smallest absolute Gasteiger partial charge is 0.248 e. The number of hydrogen-bond acceptors (Lipinski definition) is 4. The second-order valence-electron chi connectivity index (χ2n) is 6.53. The minimum Gasteiger partial charge on any atom is -0.387 e. The van der Waals surface area contributed by atoms with E-state index in [9.17, 15) is 14.0 Å². The van der Waals surface area contributed by atoms with Gasteiger partial charge in [0.15, 0.2) is 5.82 Å². The monoisotopic (exact) mass is 355 g/mol. The molecule has 1 saturated heterocycles. The van der Waals surface area contributed by atoms with Crippen molar-refractivity contribution in [2.45, 2.75) is 31.7 Å². The molecule has 3 rings (SSSR count). The maximum absolute atomic E-state index is 14.5. The molecule has 130 valence electrons. The Kier molecular flexibility index (Phi) is 4.17. The molecule has 2 amide bonds. The predicted molar refractivity (Wildman–Crippen MR) is 88.8 cm³/mol. The minimum absolute atomic E-state index is 0.0736. The van der Waals surface area contributed by atoms with Crippen molar-refractivity contribution >= 4 is 34.8 Å². The fourth-order valence-corrected chi connectivity index (χ4v) is 4.01. The first-order chi connectivity index (χ1) is 11.3. The number of carbonyl (C=O) groups is 2. The molecule has 1 aromatic rings. The van der Waals surface area contributed by atoms with Crippen molar-refractivity contribution in [1.29, 1.82) is 0 Å². The molecule has 0 aromatic heterocycles. The maximum atomic E-state index is 14.5. The highest BCUT2D eigenvalue weighted by Gasteiger charge is 2.50. The Morgan fingerprint density at radius 1 is 1.58 bits per heavy atom. The Bertz CT molecular complexity index is 727. The van der Waals surface area contributed by atoms with Gasteiger partial charge in [-0.25, -0.2) is 4.39 Å². The summed E-state index contributed by atoms with van der Waals surface area (Å²) in [5, 5.41) is 14.9. The second kappa shape index (κ2) is 5.89. The zero-order chi connectivity index (χ0) is 17.6. The molecule has 0 saturated carbocycles. The van der Waals surface area contributed by atoms with Gasteiger partial charge in [-0.05, 0) is 12.5 Å². The van der Waals surface area contributed by atoms with Gasteiger partial charge in [-0.15, -0.1) is 0 Å². The highest BCUT2D eigenvalue weighted by atomic mass is 35.5. The van der Waals surface area contributed by atoms with Crippen molar-refractivity contribution in [3.05, 3.63) is 22.5 Å². The summed E-state index contributed by atoms with van der Waals surface area (Å²) in [6.07, 6.45) is 0.605. The van der Waals surface area contributed by atoms with Crippen LogP contribution in [0.4, 0.5) is 15.8 Å². The summed E-state index contributed by atoms with van der Waals surface area (Å²) < 4.78 is 14.5. The summed E-state index contributed by atoms with van der Waals surface area (Å²) in [6.45, 7) is 3.53. The SMILES string of the molecule is CC(=O)Nc1cc(Cl)c(F)c2c1C1(C)CN(C(=O)CO)CCC1N2. The second-order valence-corrected chi connectivity index (χ2v) is 6.93. The summed E-state index contributed by atoms with van der Waals surface area (Å²) in [7, 11) is 0. The van der Waals surface area contributed by atoms with Crippen LogP contribution in [0.1, 0.15) is 25.8 Å². The van der Waals surface area contributed by atoms with Gasteiger partial charge in [0, 0.05) is 42.7 Å². The molecule has 2 atom stereocenters. The van der Waals surface area contributed by atoms with Crippen LogP contribution in [0.3, 0.4) is 0 Å². The topological polar surface area (TPSA) is 81.7 Å². The van der Waals surface area contributed by atoms with Crippen LogP contribution in [0.2, 0.25) is 5.02 Å². The average molecular weight is 356 g/mol. The van der Waals surface area contributed by atoms with E-state index in [2.05, 4.69) is 10.6 Å². The molecule has 0 radical (unpaired) electrons. The number of anilines is 2. The van der Waals surface area contributed by atoms with Crippen molar-refractivity contribution in [1.82, 2.24) is 4.90 Å². The molecular weight excluding hydrogens is 337 g/mol.